The lowest BCUT2D eigenvalue weighted by Gasteiger charge is -2.09. The molecule has 132 heavy (non-hydrogen) atoms. The van der Waals surface area contributed by atoms with Gasteiger partial charge in [-0.1, -0.05) is 273 Å². The minimum Gasteiger partial charge on any atom is -0.456 e. The third-order valence-electron chi connectivity index (χ3n) is 27.0. The van der Waals surface area contributed by atoms with Crippen LogP contribution in [0.1, 0.15) is 0 Å². The second-order valence-corrected chi connectivity index (χ2v) is 35.2. The van der Waals surface area contributed by atoms with E-state index in [1.807, 2.05) is 35.6 Å². The van der Waals surface area contributed by atoms with Crippen LogP contribution in [0.2, 0.25) is 0 Å². The highest BCUT2D eigenvalue weighted by Crippen LogP contribution is 2.49. The summed E-state index contributed by atoms with van der Waals surface area (Å²) >= 11 is 1.88. The Labute approximate surface area is 760 Å². The van der Waals surface area contributed by atoms with Crippen LogP contribution in [-0.2, 0) is 14.1 Å². The molecule has 20 aromatic carbocycles. The Morgan fingerprint density at radius 2 is 0.364 bits per heavy atom. The predicted molar refractivity (Wildman–Crippen MR) is 559 cm³/mol. The Balaban J connectivity index is 0.0000000869. The van der Waals surface area contributed by atoms with Crippen LogP contribution in [-0.4, -0.2) is 32.0 Å². The van der Waals surface area contributed by atoms with Crippen LogP contribution in [0, 0.1) is 0 Å². The summed E-state index contributed by atoms with van der Waals surface area (Å²) in [7, 11) is 4.28. The van der Waals surface area contributed by atoms with Gasteiger partial charge in [-0.3, -0.25) is 0 Å². The van der Waals surface area contributed by atoms with Crippen LogP contribution in [0.5, 0.6) is 0 Å². The van der Waals surface area contributed by atoms with E-state index in [2.05, 4.69) is 477 Å². The fraction of sp³-hybridized carbons (Fsp3) is 0.0164. The summed E-state index contributed by atoms with van der Waals surface area (Å²) < 4.78 is 31.3. The fourth-order valence-corrected chi connectivity index (χ4v) is 22.6. The average molecular weight is 1710 g/mol. The summed E-state index contributed by atoms with van der Waals surface area (Å²) in [5.74, 6) is 0. The van der Waals surface area contributed by atoms with Crippen molar-refractivity contribution in [3.63, 3.8) is 0 Å². The lowest BCUT2D eigenvalue weighted by molar-refractivity contribution is 0.669. The maximum atomic E-state index is 6.12. The van der Waals surface area contributed by atoms with Gasteiger partial charge in [0.05, 0.1) is 55.2 Å². The highest BCUT2D eigenvalue weighted by Gasteiger charge is 2.26. The van der Waals surface area contributed by atoms with Crippen molar-refractivity contribution in [2.75, 3.05) is 0 Å². The Kier molecular flexibility index (Phi) is 17.8. The maximum Gasteiger partial charge on any atom is 0.136 e. The minimum absolute atomic E-state index is 0.937. The Bertz CT molecular complexity index is 9470. The van der Waals surface area contributed by atoms with Gasteiger partial charge in [0.15, 0.2) is 0 Å². The van der Waals surface area contributed by atoms with Crippen LogP contribution in [0.15, 0.2) is 464 Å². The summed E-state index contributed by atoms with van der Waals surface area (Å²) in [5.41, 5.74) is 27.2. The molecule has 0 spiro atoms. The molecule has 0 fully saturated rings. The van der Waals surface area contributed by atoms with E-state index in [4.69, 9.17) is 8.83 Å². The zero-order valence-electron chi connectivity index (χ0n) is 72.2. The smallest absolute Gasteiger partial charge is 0.136 e. The highest BCUT2D eigenvalue weighted by molar-refractivity contribution is 7.26. The molecule has 0 radical (unpaired) electrons. The number of aromatic nitrogens is 7. The average Bonchev–Trinajstić information content (AvgIpc) is 1.53. The van der Waals surface area contributed by atoms with Gasteiger partial charge >= 0.3 is 0 Å². The van der Waals surface area contributed by atoms with E-state index >= 15 is 0 Å². The second kappa shape index (κ2) is 30.8. The van der Waals surface area contributed by atoms with E-state index in [0.29, 0.717) is 0 Å². The molecular formula is C122H81N7O2S. The van der Waals surface area contributed by atoms with Crippen LogP contribution >= 0.6 is 11.3 Å². The monoisotopic (exact) mass is 1710 g/mol. The zero-order valence-corrected chi connectivity index (χ0v) is 73.0. The molecule has 10 aromatic heterocycles. The molecule has 0 amide bonds. The number of para-hydroxylation sites is 14. The third-order valence-corrected chi connectivity index (χ3v) is 28.2. The Morgan fingerprint density at radius 1 is 0.144 bits per heavy atom. The molecule has 0 atom stereocenters. The standard InChI is InChI=1S/C30H20N2.C25H18N2.C24H15NO.C24H15NS.C19H13NO/c1-3-11-21(12-4-1)31-25-17-9-7-15-23(25)29-27(31)19-20-28-30(29)24-16-8-10-18-26(24)32(28)22-13-5-2-6-14-22;1-26-20-13-7-5-11-18(20)24-22(26)15-16-23-25(24)19-12-6-8-14-21(19)27(23)17-9-3-2-4-10-17;2*1-2-8-16(9-3-1)25-19-12-6-4-10-17(19)23-20(25)14-15-22-24(23)18-11-5-7-13-21(18)26-22;1-20-14-8-4-2-6-12(14)18-15(20)10-11-17-19(18)13-7-3-5-9-16(13)21-17/h1-20H;2-16H,1H3;2*1-15H;2-11H,1H3. The maximum absolute atomic E-state index is 6.12. The van der Waals surface area contributed by atoms with E-state index in [1.54, 1.807) is 0 Å². The Morgan fingerprint density at radius 3 is 0.705 bits per heavy atom. The number of thiophene rings is 1. The summed E-state index contributed by atoms with van der Waals surface area (Å²) in [6.45, 7) is 0. The predicted octanol–water partition coefficient (Wildman–Crippen LogP) is 33.4. The van der Waals surface area contributed by atoms with Crippen molar-refractivity contribution in [3.05, 3.63) is 455 Å². The van der Waals surface area contributed by atoms with Gasteiger partial charge in [-0.25, -0.2) is 0 Å². The molecule has 30 aromatic rings. The first-order chi connectivity index (χ1) is 65.4. The van der Waals surface area contributed by atoms with Gasteiger partial charge in [0.25, 0.3) is 0 Å². The van der Waals surface area contributed by atoms with Gasteiger partial charge in [-0.05, 0) is 182 Å². The molecule has 0 aliphatic heterocycles. The highest BCUT2D eigenvalue weighted by atomic mass is 32.1. The van der Waals surface area contributed by atoms with E-state index in [-0.39, 0.29) is 0 Å². The van der Waals surface area contributed by atoms with Crippen molar-refractivity contribution in [3.8, 4) is 28.4 Å². The number of fused-ring (bicyclic) bond motifs is 35. The lowest BCUT2D eigenvalue weighted by atomic mass is 10.1. The zero-order chi connectivity index (χ0) is 87.2. The summed E-state index contributed by atoms with van der Waals surface area (Å²) in [6.07, 6.45) is 0. The third kappa shape index (κ3) is 11.8. The second-order valence-electron chi connectivity index (χ2n) is 34.1. The van der Waals surface area contributed by atoms with E-state index in [0.717, 1.165) is 22.3 Å². The van der Waals surface area contributed by atoms with Crippen LogP contribution in [0.25, 0.3) is 245 Å². The number of furan rings is 2. The molecular weight excluding hydrogens is 1630 g/mol. The lowest BCUT2D eigenvalue weighted by Crippen LogP contribution is -1.94. The van der Waals surface area contributed by atoms with Crippen molar-refractivity contribution in [2.24, 2.45) is 14.1 Å². The van der Waals surface area contributed by atoms with Gasteiger partial charge in [-0.2, -0.15) is 0 Å². The first kappa shape index (κ1) is 76.1. The fourth-order valence-electron chi connectivity index (χ4n) is 21.5. The summed E-state index contributed by atoms with van der Waals surface area (Å²) in [4.78, 5) is 0. The van der Waals surface area contributed by atoms with Crippen molar-refractivity contribution < 1.29 is 8.83 Å². The molecule has 622 valence electrons. The first-order valence-corrected chi connectivity index (χ1v) is 45.8. The van der Waals surface area contributed by atoms with Gasteiger partial charge in [0.2, 0.25) is 0 Å². The molecule has 0 N–H and O–H groups in total. The molecule has 10 heteroatoms. The largest absolute Gasteiger partial charge is 0.456 e. The molecule has 0 saturated carbocycles. The molecule has 0 unspecified atom stereocenters. The topological polar surface area (TPSA) is 60.8 Å². The summed E-state index contributed by atoms with van der Waals surface area (Å²) in [5, 5.41) is 25.8. The Hall–Kier alpha value is -17.2. The number of nitrogens with zero attached hydrogens (tertiary/aromatic N) is 7. The van der Waals surface area contributed by atoms with Crippen LogP contribution < -0.4 is 0 Å². The van der Waals surface area contributed by atoms with Crippen LogP contribution in [0.3, 0.4) is 0 Å². The van der Waals surface area contributed by atoms with E-state index in [1.165, 1.54) is 223 Å². The SMILES string of the molecule is Cn1c2ccccc2c2c3c(ccc21)oc1ccccc13.Cn1c2ccccc2c2c3c4ccccc4n(-c4ccccc4)c3ccc21.c1ccc(-n2c3ccccc3c3c4c(ccc32)oc2ccccc24)cc1.c1ccc(-n2c3ccccc3c3c4c(ccc32)sc2ccccc24)cc1.c1ccc(-n2c3ccccc3c3c4c5ccccc5n(-c5ccccc5)c4ccc32)cc1. The summed E-state index contributed by atoms with van der Waals surface area (Å²) in [6, 6.07) is 161. The number of hydrogen-bond acceptors (Lipinski definition) is 3. The van der Waals surface area contributed by atoms with Gasteiger partial charge in [-0.15, -0.1) is 11.3 Å². The normalized spacial score (nSPS) is 11.9. The number of benzene rings is 20. The molecule has 0 saturated heterocycles. The van der Waals surface area contributed by atoms with Crippen molar-refractivity contribution in [1.82, 2.24) is 32.0 Å². The van der Waals surface area contributed by atoms with Crippen LogP contribution in [0.4, 0.5) is 0 Å². The molecule has 0 aliphatic carbocycles. The van der Waals surface area contributed by atoms with Crippen molar-refractivity contribution in [1.29, 1.82) is 0 Å². The van der Waals surface area contributed by atoms with Gasteiger partial charge in [0.1, 0.15) is 22.3 Å². The quantitative estimate of drug-likeness (QED) is 0.172. The van der Waals surface area contributed by atoms with Gasteiger partial charge < -0.3 is 40.8 Å². The number of rotatable bonds is 5. The molecule has 30 rings (SSSR count). The van der Waals surface area contributed by atoms with E-state index < -0.39 is 0 Å². The molecule has 0 aliphatic rings. The van der Waals surface area contributed by atoms with Gasteiger partial charge in [0, 0.05) is 182 Å². The van der Waals surface area contributed by atoms with E-state index in [9.17, 15) is 0 Å². The minimum atomic E-state index is 0.937. The molecule has 0 bridgehead atoms. The number of aryl methyl sites for hydroxylation is 2. The first-order valence-electron chi connectivity index (χ1n) is 45.0. The molecule has 10 heterocycles. The van der Waals surface area contributed by atoms with Crippen molar-refractivity contribution in [2.45, 2.75) is 0 Å². The van der Waals surface area contributed by atoms with Crippen molar-refractivity contribution >= 4 is 228 Å². The number of hydrogen-bond donors (Lipinski definition) is 0. The molecule has 9 nitrogen and oxygen atoms in total.